The van der Waals surface area contributed by atoms with E-state index in [1.807, 2.05) is 6.92 Å². The van der Waals surface area contributed by atoms with Gasteiger partial charge in [-0.15, -0.1) is 0 Å². The third-order valence-corrected chi connectivity index (χ3v) is 2.70. The molecule has 0 aromatic carbocycles. The zero-order valence-corrected chi connectivity index (χ0v) is 10.1. The summed E-state index contributed by atoms with van der Waals surface area (Å²) in [7, 11) is 0. The number of hydrogen-bond acceptors (Lipinski definition) is 4. The van der Waals surface area contributed by atoms with Crippen molar-refractivity contribution in [2.24, 2.45) is 0 Å². The van der Waals surface area contributed by atoms with Gasteiger partial charge < -0.3 is 10.2 Å². The van der Waals surface area contributed by atoms with E-state index in [2.05, 4.69) is 10.1 Å². The average molecular weight is 249 g/mol. The Morgan fingerprint density at radius 3 is 2.83 bits per heavy atom. The minimum absolute atomic E-state index is 0.0298. The second kappa shape index (κ2) is 5.14. The van der Waals surface area contributed by atoms with Gasteiger partial charge in [0.1, 0.15) is 5.56 Å². The molecule has 2 aromatic rings. The van der Waals surface area contributed by atoms with Gasteiger partial charge in [-0.25, -0.2) is 14.3 Å². The van der Waals surface area contributed by atoms with Crippen LogP contribution >= 0.6 is 0 Å². The van der Waals surface area contributed by atoms with Crippen LogP contribution in [0.3, 0.4) is 0 Å². The fourth-order valence-corrected chi connectivity index (χ4v) is 1.91. The van der Waals surface area contributed by atoms with E-state index in [0.717, 1.165) is 12.0 Å². The molecule has 0 bridgehead atoms. The van der Waals surface area contributed by atoms with E-state index in [1.54, 1.807) is 12.4 Å². The van der Waals surface area contributed by atoms with Gasteiger partial charge in [-0.1, -0.05) is 13.3 Å². The van der Waals surface area contributed by atoms with Crippen molar-refractivity contribution in [1.29, 1.82) is 0 Å². The molecule has 0 spiro atoms. The summed E-state index contributed by atoms with van der Waals surface area (Å²) in [4.78, 5) is 15.4. The Labute approximate surface area is 104 Å². The Morgan fingerprint density at radius 1 is 1.44 bits per heavy atom. The molecule has 2 aromatic heterocycles. The monoisotopic (exact) mass is 249 g/mol. The van der Waals surface area contributed by atoms with Crippen molar-refractivity contribution in [3.8, 4) is 0 Å². The van der Waals surface area contributed by atoms with Crippen LogP contribution in [0.2, 0.25) is 0 Å². The van der Waals surface area contributed by atoms with E-state index in [0.29, 0.717) is 24.2 Å². The van der Waals surface area contributed by atoms with Gasteiger partial charge in [0.25, 0.3) is 0 Å². The van der Waals surface area contributed by atoms with E-state index in [9.17, 15) is 9.90 Å². The summed E-state index contributed by atoms with van der Waals surface area (Å²) >= 11 is 0. The van der Waals surface area contributed by atoms with Crippen LogP contribution < -0.4 is 0 Å². The number of aryl methyl sites for hydroxylation is 1. The first kappa shape index (κ1) is 12.5. The van der Waals surface area contributed by atoms with Gasteiger partial charge >= 0.3 is 5.97 Å². The van der Waals surface area contributed by atoms with Crippen LogP contribution in [-0.4, -0.2) is 37.4 Å². The van der Waals surface area contributed by atoms with Crippen LogP contribution in [-0.2, 0) is 12.8 Å². The lowest BCUT2D eigenvalue weighted by molar-refractivity contribution is 0.0697. The number of aromatic nitrogens is 3. The second-order valence-electron chi connectivity index (χ2n) is 4.08. The normalized spacial score (nSPS) is 11.0. The van der Waals surface area contributed by atoms with Crippen molar-refractivity contribution < 1.29 is 15.0 Å². The Bertz CT molecular complexity index is 577. The first-order valence-corrected chi connectivity index (χ1v) is 5.87. The molecule has 6 heteroatoms. The van der Waals surface area contributed by atoms with E-state index in [-0.39, 0.29) is 12.2 Å². The zero-order valence-electron chi connectivity index (χ0n) is 10.1. The third-order valence-electron chi connectivity index (χ3n) is 2.70. The number of rotatable bonds is 5. The van der Waals surface area contributed by atoms with Crippen LogP contribution in [0.4, 0.5) is 0 Å². The maximum atomic E-state index is 11.2. The van der Waals surface area contributed by atoms with Gasteiger partial charge in [0.2, 0.25) is 0 Å². The highest BCUT2D eigenvalue weighted by Crippen LogP contribution is 2.16. The molecule has 96 valence electrons. The molecule has 0 atom stereocenters. The summed E-state index contributed by atoms with van der Waals surface area (Å²) < 4.78 is 1.49. The molecule has 0 aliphatic rings. The van der Waals surface area contributed by atoms with Gasteiger partial charge in [-0.2, -0.15) is 5.10 Å². The van der Waals surface area contributed by atoms with Gasteiger partial charge in [-0.05, 0) is 18.4 Å². The Hall–Kier alpha value is -1.95. The molecular weight excluding hydrogens is 234 g/mol. The number of aromatic carboxylic acids is 1. The number of carbonyl (C=O) groups is 1. The quantitative estimate of drug-likeness (QED) is 0.822. The highest BCUT2D eigenvalue weighted by Gasteiger charge is 2.19. The van der Waals surface area contributed by atoms with Crippen LogP contribution in [0.1, 0.15) is 35.0 Å². The average Bonchev–Trinajstić information content (AvgIpc) is 2.67. The number of fused-ring (bicyclic) bond motifs is 1. The van der Waals surface area contributed by atoms with Gasteiger partial charge in [0.05, 0.1) is 5.69 Å². The summed E-state index contributed by atoms with van der Waals surface area (Å²) in [6, 6.07) is 0. The molecule has 2 N–H and O–H groups in total. The van der Waals surface area contributed by atoms with Gasteiger partial charge in [0.15, 0.2) is 5.65 Å². The lowest BCUT2D eigenvalue weighted by Gasteiger charge is -1.98. The van der Waals surface area contributed by atoms with Crippen LogP contribution in [0, 0.1) is 0 Å². The predicted molar refractivity (Wildman–Crippen MR) is 64.7 cm³/mol. The lowest BCUT2D eigenvalue weighted by Crippen LogP contribution is -2.02. The summed E-state index contributed by atoms with van der Waals surface area (Å²) in [5.41, 5.74) is 1.91. The first-order chi connectivity index (χ1) is 8.67. The molecule has 6 nitrogen and oxygen atoms in total. The molecule has 0 aliphatic carbocycles. The van der Waals surface area contributed by atoms with Crippen LogP contribution in [0.5, 0.6) is 0 Å². The van der Waals surface area contributed by atoms with Gasteiger partial charge in [0, 0.05) is 19.0 Å². The molecule has 0 amide bonds. The molecule has 0 radical (unpaired) electrons. The van der Waals surface area contributed by atoms with Crippen molar-refractivity contribution >= 4 is 11.6 Å². The van der Waals surface area contributed by atoms with Crippen molar-refractivity contribution in [2.45, 2.75) is 26.2 Å². The maximum Gasteiger partial charge on any atom is 0.341 e. The molecule has 2 rings (SSSR count). The standard InChI is InChI=1S/C12H15N3O3/c1-2-3-9-10(12(17)18)11-13-6-8(4-5-16)7-15(11)14-9/h6-7,16H,2-5H2,1H3,(H,17,18). The Balaban J connectivity index is 2.56. The highest BCUT2D eigenvalue weighted by molar-refractivity contribution is 5.95. The van der Waals surface area contributed by atoms with Crippen molar-refractivity contribution in [1.82, 2.24) is 14.6 Å². The number of hydrogen-bond donors (Lipinski definition) is 2. The third kappa shape index (κ3) is 2.19. The molecule has 0 fully saturated rings. The largest absolute Gasteiger partial charge is 0.477 e. The van der Waals surface area contributed by atoms with Gasteiger partial charge in [-0.3, -0.25) is 0 Å². The topological polar surface area (TPSA) is 87.7 Å². The number of carboxylic acids is 1. The van der Waals surface area contributed by atoms with Crippen molar-refractivity contribution in [2.75, 3.05) is 6.61 Å². The molecule has 18 heavy (non-hydrogen) atoms. The highest BCUT2D eigenvalue weighted by atomic mass is 16.4. The van der Waals surface area contributed by atoms with E-state index >= 15 is 0 Å². The van der Waals surface area contributed by atoms with E-state index < -0.39 is 5.97 Å². The van der Waals surface area contributed by atoms with E-state index in [4.69, 9.17) is 5.11 Å². The number of aliphatic hydroxyl groups is 1. The fourth-order valence-electron chi connectivity index (χ4n) is 1.91. The summed E-state index contributed by atoms with van der Waals surface area (Å²) in [5.74, 6) is -1.00. The van der Waals surface area contributed by atoms with Crippen LogP contribution in [0.15, 0.2) is 12.4 Å². The summed E-state index contributed by atoms with van der Waals surface area (Å²) in [6.07, 6.45) is 5.21. The number of carboxylic acid groups (broad SMARTS) is 1. The number of aliphatic hydroxyl groups excluding tert-OH is 1. The molecule has 0 aliphatic heterocycles. The second-order valence-corrected chi connectivity index (χ2v) is 4.08. The molecular formula is C12H15N3O3. The molecule has 0 unspecified atom stereocenters. The number of nitrogens with zero attached hydrogens (tertiary/aromatic N) is 3. The molecule has 2 heterocycles. The SMILES string of the molecule is CCCc1nn2cc(CCO)cnc2c1C(=O)O. The van der Waals surface area contributed by atoms with E-state index in [1.165, 1.54) is 4.52 Å². The lowest BCUT2D eigenvalue weighted by atomic mass is 10.1. The molecule has 0 saturated heterocycles. The minimum Gasteiger partial charge on any atom is -0.477 e. The predicted octanol–water partition coefficient (Wildman–Crippen LogP) is 0.915. The van der Waals surface area contributed by atoms with Crippen molar-refractivity contribution in [3.63, 3.8) is 0 Å². The summed E-state index contributed by atoms with van der Waals surface area (Å²) in [6.45, 7) is 2.00. The van der Waals surface area contributed by atoms with Crippen LogP contribution in [0.25, 0.3) is 5.65 Å². The first-order valence-electron chi connectivity index (χ1n) is 5.87. The Kier molecular flexibility index (Phi) is 3.57. The maximum absolute atomic E-state index is 11.2. The smallest absolute Gasteiger partial charge is 0.341 e. The van der Waals surface area contributed by atoms with Crippen molar-refractivity contribution in [3.05, 3.63) is 29.2 Å². The summed E-state index contributed by atoms with van der Waals surface area (Å²) in [5, 5.41) is 22.3. The molecule has 0 saturated carbocycles. The Morgan fingerprint density at radius 2 is 2.22 bits per heavy atom. The fraction of sp³-hybridized carbons (Fsp3) is 0.417. The minimum atomic E-state index is -1.00. The zero-order chi connectivity index (χ0) is 13.1.